The summed E-state index contributed by atoms with van der Waals surface area (Å²) in [7, 11) is 1.87. The van der Waals surface area contributed by atoms with Gasteiger partial charge in [0, 0.05) is 29.8 Å². The molecule has 3 aromatic carbocycles. The molecule has 3 N–H and O–H groups in total. The Bertz CT molecular complexity index is 1220. The minimum absolute atomic E-state index is 0.354. The molecule has 4 aromatic rings. The van der Waals surface area contributed by atoms with E-state index in [1.807, 2.05) is 54.1 Å². The van der Waals surface area contributed by atoms with Gasteiger partial charge in [0.1, 0.15) is 11.9 Å². The van der Waals surface area contributed by atoms with Crippen LogP contribution in [0.5, 0.6) is 0 Å². The Morgan fingerprint density at radius 2 is 1.58 bits per heavy atom. The Morgan fingerprint density at radius 1 is 0.903 bits per heavy atom. The Hall–Kier alpha value is -3.97. The largest absolute Gasteiger partial charge is 0.350 e. The predicted molar refractivity (Wildman–Crippen MR) is 118 cm³/mol. The van der Waals surface area contributed by atoms with E-state index < -0.39 is 17.8 Å². The number of para-hydroxylation sites is 1. The summed E-state index contributed by atoms with van der Waals surface area (Å²) < 4.78 is 15.0. The zero-order valence-electron chi connectivity index (χ0n) is 16.8. The highest BCUT2D eigenvalue weighted by Crippen LogP contribution is 2.20. The van der Waals surface area contributed by atoms with Gasteiger partial charge in [-0.1, -0.05) is 48.5 Å². The average Bonchev–Trinajstić information content (AvgIpc) is 3.13. The first-order chi connectivity index (χ1) is 15.0. The van der Waals surface area contributed by atoms with Crippen LogP contribution >= 0.6 is 0 Å². The lowest BCUT2D eigenvalue weighted by Gasteiger charge is -2.19. The van der Waals surface area contributed by atoms with E-state index in [1.165, 1.54) is 24.3 Å². The SMILES string of the molecule is Cn1cc(C(=O)NNC(C(=O)Nc2ccc(F)cc2)c2ccccc2)c2ccccc21. The number of hydrogen-bond donors (Lipinski definition) is 3. The molecule has 1 aromatic heterocycles. The van der Waals surface area contributed by atoms with Crippen LogP contribution < -0.4 is 16.2 Å². The van der Waals surface area contributed by atoms with E-state index in [-0.39, 0.29) is 5.91 Å². The number of aromatic nitrogens is 1. The summed E-state index contributed by atoms with van der Waals surface area (Å²) in [5, 5.41) is 3.56. The van der Waals surface area contributed by atoms with Gasteiger partial charge in [0.05, 0.1) is 5.56 Å². The summed E-state index contributed by atoms with van der Waals surface area (Å²) in [6, 6.07) is 21.2. The number of fused-ring (bicyclic) bond motifs is 1. The van der Waals surface area contributed by atoms with Crippen LogP contribution in [0.3, 0.4) is 0 Å². The highest BCUT2D eigenvalue weighted by atomic mass is 19.1. The van der Waals surface area contributed by atoms with Crippen molar-refractivity contribution in [2.45, 2.75) is 6.04 Å². The maximum Gasteiger partial charge on any atom is 0.267 e. The molecule has 0 saturated carbocycles. The van der Waals surface area contributed by atoms with E-state index in [9.17, 15) is 14.0 Å². The van der Waals surface area contributed by atoms with Gasteiger partial charge in [0.25, 0.3) is 5.91 Å². The first-order valence-corrected chi connectivity index (χ1v) is 9.74. The minimum Gasteiger partial charge on any atom is -0.350 e. The first kappa shape index (κ1) is 20.3. The number of carbonyl (C=O) groups excluding carboxylic acids is 2. The van der Waals surface area contributed by atoms with E-state index in [0.717, 1.165) is 10.9 Å². The normalized spacial score (nSPS) is 11.8. The summed E-state index contributed by atoms with van der Waals surface area (Å²) >= 11 is 0. The number of anilines is 1. The number of carbonyl (C=O) groups is 2. The predicted octanol–water partition coefficient (Wildman–Crippen LogP) is 3.93. The van der Waals surface area contributed by atoms with Gasteiger partial charge in [-0.25, -0.2) is 9.82 Å². The molecule has 0 aliphatic carbocycles. The molecule has 1 heterocycles. The lowest BCUT2D eigenvalue weighted by Crippen LogP contribution is -2.44. The Kier molecular flexibility index (Phi) is 5.77. The van der Waals surface area contributed by atoms with Crippen LogP contribution in [-0.2, 0) is 11.8 Å². The fourth-order valence-electron chi connectivity index (χ4n) is 3.42. The van der Waals surface area contributed by atoms with E-state index in [1.54, 1.807) is 18.3 Å². The number of benzene rings is 3. The second-order valence-electron chi connectivity index (χ2n) is 7.11. The van der Waals surface area contributed by atoms with Gasteiger partial charge in [-0.2, -0.15) is 0 Å². The van der Waals surface area contributed by atoms with Crippen LogP contribution in [0, 0.1) is 5.82 Å². The Labute approximate surface area is 178 Å². The van der Waals surface area contributed by atoms with E-state index in [4.69, 9.17) is 0 Å². The number of halogens is 1. The van der Waals surface area contributed by atoms with Crippen LogP contribution in [0.15, 0.2) is 85.1 Å². The van der Waals surface area contributed by atoms with Crippen molar-refractivity contribution >= 4 is 28.4 Å². The van der Waals surface area contributed by atoms with Crippen molar-refractivity contribution in [2.24, 2.45) is 7.05 Å². The van der Waals surface area contributed by atoms with Crippen LogP contribution in [0.1, 0.15) is 22.0 Å². The van der Waals surface area contributed by atoms with Gasteiger partial charge in [0.2, 0.25) is 5.91 Å². The van der Waals surface area contributed by atoms with Crippen LogP contribution in [0.2, 0.25) is 0 Å². The lowest BCUT2D eigenvalue weighted by molar-refractivity contribution is -0.118. The molecule has 4 rings (SSSR count). The summed E-state index contributed by atoms with van der Waals surface area (Å²) in [5.41, 5.74) is 8.05. The average molecular weight is 416 g/mol. The molecule has 1 unspecified atom stereocenters. The number of hydrazine groups is 1. The van der Waals surface area contributed by atoms with Crippen LogP contribution in [0.4, 0.5) is 10.1 Å². The van der Waals surface area contributed by atoms with Crippen molar-refractivity contribution in [3.8, 4) is 0 Å². The fraction of sp³-hybridized carbons (Fsp3) is 0.0833. The van der Waals surface area contributed by atoms with E-state index in [0.29, 0.717) is 16.8 Å². The van der Waals surface area contributed by atoms with Crippen molar-refractivity contribution in [3.05, 3.63) is 102 Å². The molecule has 31 heavy (non-hydrogen) atoms. The summed E-state index contributed by atoms with van der Waals surface area (Å²) in [4.78, 5) is 25.8. The van der Waals surface area contributed by atoms with Crippen molar-refractivity contribution in [1.29, 1.82) is 0 Å². The van der Waals surface area contributed by atoms with Gasteiger partial charge in [-0.05, 0) is 35.9 Å². The zero-order chi connectivity index (χ0) is 21.8. The maximum absolute atomic E-state index is 13.2. The molecule has 156 valence electrons. The molecule has 0 saturated heterocycles. The highest BCUT2D eigenvalue weighted by molar-refractivity contribution is 6.07. The number of hydrogen-bond acceptors (Lipinski definition) is 3. The molecule has 0 aliphatic rings. The van der Waals surface area contributed by atoms with E-state index >= 15 is 0 Å². The second-order valence-corrected chi connectivity index (χ2v) is 7.11. The molecule has 2 amide bonds. The standard InChI is InChI=1S/C24H21FN4O2/c1-29-15-20(19-9-5-6-10-21(19)29)23(30)28-27-22(16-7-3-2-4-8-16)24(31)26-18-13-11-17(25)12-14-18/h2-15,22,27H,1H3,(H,26,31)(H,28,30). The molecule has 6 nitrogen and oxygen atoms in total. The van der Waals surface area contributed by atoms with Crippen LogP contribution in [-0.4, -0.2) is 16.4 Å². The Morgan fingerprint density at radius 3 is 2.32 bits per heavy atom. The van der Waals surface area contributed by atoms with Crippen molar-refractivity contribution in [3.63, 3.8) is 0 Å². The molecule has 0 radical (unpaired) electrons. The molecular formula is C24H21FN4O2. The number of amides is 2. The van der Waals surface area contributed by atoms with E-state index in [2.05, 4.69) is 16.2 Å². The third-order valence-electron chi connectivity index (χ3n) is 4.98. The van der Waals surface area contributed by atoms with Gasteiger partial charge in [-0.15, -0.1) is 0 Å². The minimum atomic E-state index is -0.856. The summed E-state index contributed by atoms with van der Waals surface area (Å²) in [6.07, 6.45) is 1.75. The highest BCUT2D eigenvalue weighted by Gasteiger charge is 2.22. The third kappa shape index (κ3) is 4.46. The van der Waals surface area contributed by atoms with Crippen molar-refractivity contribution < 1.29 is 14.0 Å². The van der Waals surface area contributed by atoms with Crippen LogP contribution in [0.25, 0.3) is 10.9 Å². The number of nitrogens with zero attached hydrogens (tertiary/aromatic N) is 1. The van der Waals surface area contributed by atoms with Crippen molar-refractivity contribution in [2.75, 3.05) is 5.32 Å². The zero-order valence-corrected chi connectivity index (χ0v) is 16.8. The van der Waals surface area contributed by atoms with Gasteiger partial charge in [0.15, 0.2) is 0 Å². The monoisotopic (exact) mass is 416 g/mol. The lowest BCUT2D eigenvalue weighted by atomic mass is 10.1. The van der Waals surface area contributed by atoms with Crippen molar-refractivity contribution in [1.82, 2.24) is 15.4 Å². The van der Waals surface area contributed by atoms with Gasteiger partial charge in [-0.3, -0.25) is 15.0 Å². The molecule has 0 bridgehead atoms. The summed E-state index contributed by atoms with van der Waals surface area (Å²) in [5.74, 6) is -1.14. The number of nitrogens with one attached hydrogen (secondary N) is 3. The maximum atomic E-state index is 13.2. The Balaban J connectivity index is 1.54. The summed E-state index contributed by atoms with van der Waals surface area (Å²) in [6.45, 7) is 0. The van der Waals surface area contributed by atoms with Gasteiger partial charge < -0.3 is 9.88 Å². The second kappa shape index (κ2) is 8.81. The quantitative estimate of drug-likeness (QED) is 0.417. The number of aryl methyl sites for hydroxylation is 1. The smallest absolute Gasteiger partial charge is 0.267 e. The molecule has 0 aliphatic heterocycles. The fourth-order valence-corrected chi connectivity index (χ4v) is 3.42. The topological polar surface area (TPSA) is 75.2 Å². The number of rotatable bonds is 6. The van der Waals surface area contributed by atoms with Gasteiger partial charge >= 0.3 is 0 Å². The molecule has 1 atom stereocenters. The molecule has 7 heteroatoms. The molecular weight excluding hydrogens is 395 g/mol. The molecule has 0 fully saturated rings. The third-order valence-corrected chi connectivity index (χ3v) is 4.98. The first-order valence-electron chi connectivity index (χ1n) is 9.74. The molecule has 0 spiro atoms.